The van der Waals surface area contributed by atoms with Crippen molar-refractivity contribution in [2.45, 2.75) is 19.3 Å². The second-order valence-corrected chi connectivity index (χ2v) is 8.98. The fourth-order valence-electron chi connectivity index (χ4n) is 3.45. The molecule has 1 saturated heterocycles. The lowest BCUT2D eigenvalue weighted by molar-refractivity contribution is 0.415. The minimum Gasteiger partial charge on any atom is -0.497 e. The monoisotopic (exact) mass is 388 g/mol. The second-order valence-electron chi connectivity index (χ2n) is 7.06. The zero-order valence-electron chi connectivity index (χ0n) is 15.8. The van der Waals surface area contributed by atoms with E-state index in [1.54, 1.807) is 7.11 Å². The number of nitrogens with one attached hydrogen (secondary N) is 1. The molecule has 0 radical (unpaired) electrons. The number of benzene rings is 2. The van der Waals surface area contributed by atoms with Crippen LogP contribution in [-0.4, -0.2) is 40.9 Å². The average molecular weight is 389 g/mol. The van der Waals surface area contributed by atoms with Gasteiger partial charge in [0, 0.05) is 25.3 Å². The Morgan fingerprint density at radius 3 is 2.56 bits per heavy atom. The molecule has 1 heterocycles. The Bertz CT molecular complexity index is 807. The summed E-state index contributed by atoms with van der Waals surface area (Å²) in [6.45, 7) is 2.34. The van der Waals surface area contributed by atoms with Crippen molar-refractivity contribution < 1.29 is 13.2 Å². The first kappa shape index (κ1) is 19.7. The molecule has 0 amide bonds. The number of hydrogen-bond donors (Lipinski definition) is 1. The molecule has 6 heteroatoms. The van der Waals surface area contributed by atoms with Crippen LogP contribution < -0.4 is 14.4 Å². The molecule has 27 heavy (non-hydrogen) atoms. The van der Waals surface area contributed by atoms with Crippen LogP contribution in [0.15, 0.2) is 54.6 Å². The number of ether oxygens (including phenoxy) is 1. The molecule has 0 spiro atoms. The van der Waals surface area contributed by atoms with E-state index in [0.717, 1.165) is 37.4 Å². The quantitative estimate of drug-likeness (QED) is 0.717. The first-order valence-electron chi connectivity index (χ1n) is 9.46. The van der Waals surface area contributed by atoms with Crippen LogP contribution in [0, 0.1) is 5.92 Å². The number of methoxy groups -OCH3 is 1. The Kier molecular flexibility index (Phi) is 6.74. The van der Waals surface area contributed by atoms with Gasteiger partial charge in [0.2, 0.25) is 10.0 Å². The molecule has 1 aliphatic rings. The molecular formula is C21H28N2O3S. The number of anilines is 1. The van der Waals surface area contributed by atoms with Gasteiger partial charge in [0.05, 0.1) is 12.9 Å². The third kappa shape index (κ3) is 5.97. The predicted octanol–water partition coefficient (Wildman–Crippen LogP) is 3.07. The average Bonchev–Trinajstić information content (AvgIpc) is 3.16. The highest BCUT2D eigenvalue weighted by atomic mass is 32.2. The third-order valence-corrected chi connectivity index (χ3v) is 6.47. The Labute approximate surface area is 162 Å². The Morgan fingerprint density at radius 2 is 1.85 bits per heavy atom. The number of nitrogens with zero attached hydrogens (tertiary/aromatic N) is 1. The smallest absolute Gasteiger partial charge is 0.211 e. The van der Waals surface area contributed by atoms with E-state index < -0.39 is 10.0 Å². The molecule has 3 rings (SSSR count). The minimum atomic E-state index is -3.22. The van der Waals surface area contributed by atoms with Crippen molar-refractivity contribution in [2.24, 2.45) is 5.92 Å². The maximum Gasteiger partial charge on any atom is 0.211 e. The molecule has 0 bridgehead atoms. The third-order valence-electron chi connectivity index (χ3n) is 5.04. The van der Waals surface area contributed by atoms with Crippen molar-refractivity contribution in [3.8, 4) is 5.75 Å². The highest BCUT2D eigenvalue weighted by Crippen LogP contribution is 2.25. The maximum absolute atomic E-state index is 12.3. The van der Waals surface area contributed by atoms with Crippen LogP contribution in [0.3, 0.4) is 0 Å². The molecule has 1 N–H and O–H groups in total. The fraction of sp³-hybridized carbons (Fsp3) is 0.429. The largest absolute Gasteiger partial charge is 0.497 e. The fourth-order valence-corrected chi connectivity index (χ4v) is 4.61. The van der Waals surface area contributed by atoms with E-state index in [1.165, 1.54) is 5.56 Å². The van der Waals surface area contributed by atoms with E-state index in [4.69, 9.17) is 4.74 Å². The minimum absolute atomic E-state index is 0.177. The maximum atomic E-state index is 12.3. The molecule has 5 nitrogen and oxygen atoms in total. The summed E-state index contributed by atoms with van der Waals surface area (Å²) in [4.78, 5) is 2.30. The van der Waals surface area contributed by atoms with Gasteiger partial charge in [0.1, 0.15) is 5.75 Å². The molecule has 146 valence electrons. The molecule has 0 aliphatic carbocycles. The topological polar surface area (TPSA) is 58.6 Å². The van der Waals surface area contributed by atoms with Gasteiger partial charge < -0.3 is 9.64 Å². The van der Waals surface area contributed by atoms with Crippen molar-refractivity contribution in [1.82, 2.24) is 4.72 Å². The van der Waals surface area contributed by atoms with E-state index in [1.807, 2.05) is 42.5 Å². The summed E-state index contributed by atoms with van der Waals surface area (Å²) >= 11 is 0. The summed E-state index contributed by atoms with van der Waals surface area (Å²) in [5.41, 5.74) is 2.34. The summed E-state index contributed by atoms with van der Waals surface area (Å²) in [6.07, 6.45) is 2.43. The van der Waals surface area contributed by atoms with Gasteiger partial charge >= 0.3 is 0 Å². The Hall–Kier alpha value is -2.05. The Morgan fingerprint density at radius 1 is 1.11 bits per heavy atom. The van der Waals surface area contributed by atoms with Crippen LogP contribution in [0.5, 0.6) is 5.75 Å². The van der Waals surface area contributed by atoms with E-state index in [0.29, 0.717) is 18.9 Å². The van der Waals surface area contributed by atoms with Crippen molar-refractivity contribution in [2.75, 3.05) is 37.4 Å². The normalized spacial score (nSPS) is 17.2. The lowest BCUT2D eigenvalue weighted by Crippen LogP contribution is -2.32. The number of hydrogen-bond acceptors (Lipinski definition) is 4. The molecular weight excluding hydrogens is 360 g/mol. The summed E-state index contributed by atoms with van der Waals surface area (Å²) in [7, 11) is -1.56. The summed E-state index contributed by atoms with van der Waals surface area (Å²) in [5.74, 6) is 1.37. The highest BCUT2D eigenvalue weighted by molar-refractivity contribution is 7.89. The van der Waals surface area contributed by atoms with Crippen LogP contribution in [0.1, 0.15) is 18.4 Å². The van der Waals surface area contributed by atoms with Crippen molar-refractivity contribution in [1.29, 1.82) is 0 Å². The first-order valence-corrected chi connectivity index (χ1v) is 11.1. The number of sulfonamides is 1. The Balaban J connectivity index is 1.41. The number of aryl methyl sites for hydroxylation is 1. The number of rotatable bonds is 9. The molecule has 1 aliphatic heterocycles. The van der Waals surface area contributed by atoms with Crippen LogP contribution in [0.4, 0.5) is 5.69 Å². The van der Waals surface area contributed by atoms with Crippen LogP contribution in [-0.2, 0) is 16.4 Å². The standard InChI is InChI=1S/C21H28N2O3S/c1-26-21-11-9-20(10-12-21)23-14-13-19(17-23)16-22-27(24,25)15-5-8-18-6-3-2-4-7-18/h2-4,6-7,9-12,19,22H,5,8,13-17H2,1H3. The SMILES string of the molecule is COc1ccc(N2CCC(CNS(=O)(=O)CCCc3ccccc3)C2)cc1. The van der Waals surface area contributed by atoms with Crippen LogP contribution in [0.25, 0.3) is 0 Å². The summed E-state index contributed by atoms with van der Waals surface area (Å²) < 4.78 is 32.5. The molecule has 1 fully saturated rings. The van der Waals surface area contributed by atoms with Gasteiger partial charge in [0.25, 0.3) is 0 Å². The molecule has 2 aromatic rings. The van der Waals surface area contributed by atoms with Crippen molar-refractivity contribution in [3.63, 3.8) is 0 Å². The molecule has 0 saturated carbocycles. The lowest BCUT2D eigenvalue weighted by atomic mass is 10.1. The predicted molar refractivity (Wildman–Crippen MR) is 110 cm³/mol. The van der Waals surface area contributed by atoms with Gasteiger partial charge in [-0.2, -0.15) is 0 Å². The second kappa shape index (κ2) is 9.24. The van der Waals surface area contributed by atoms with Gasteiger partial charge in [-0.25, -0.2) is 13.1 Å². The zero-order valence-corrected chi connectivity index (χ0v) is 16.6. The van der Waals surface area contributed by atoms with Gasteiger partial charge in [-0.3, -0.25) is 0 Å². The van der Waals surface area contributed by atoms with Crippen molar-refractivity contribution >= 4 is 15.7 Å². The van der Waals surface area contributed by atoms with Gasteiger partial charge in [0.15, 0.2) is 0 Å². The van der Waals surface area contributed by atoms with Crippen LogP contribution in [0.2, 0.25) is 0 Å². The van der Waals surface area contributed by atoms with Crippen LogP contribution >= 0.6 is 0 Å². The van der Waals surface area contributed by atoms with E-state index in [9.17, 15) is 8.42 Å². The molecule has 1 unspecified atom stereocenters. The summed E-state index contributed by atoms with van der Waals surface area (Å²) in [5, 5.41) is 0. The van der Waals surface area contributed by atoms with Gasteiger partial charge in [-0.1, -0.05) is 30.3 Å². The lowest BCUT2D eigenvalue weighted by Gasteiger charge is -2.19. The first-order chi connectivity index (χ1) is 13.1. The van der Waals surface area contributed by atoms with E-state index >= 15 is 0 Å². The van der Waals surface area contributed by atoms with E-state index in [2.05, 4.69) is 21.8 Å². The molecule has 0 aromatic heterocycles. The highest BCUT2D eigenvalue weighted by Gasteiger charge is 2.24. The summed E-state index contributed by atoms with van der Waals surface area (Å²) in [6, 6.07) is 18.0. The molecule has 1 atom stereocenters. The van der Waals surface area contributed by atoms with Gasteiger partial charge in [-0.05, 0) is 55.0 Å². The van der Waals surface area contributed by atoms with Gasteiger partial charge in [-0.15, -0.1) is 0 Å². The molecule has 2 aromatic carbocycles. The zero-order chi connectivity index (χ0) is 19.1. The van der Waals surface area contributed by atoms with E-state index in [-0.39, 0.29) is 5.75 Å². The van der Waals surface area contributed by atoms with Crippen molar-refractivity contribution in [3.05, 3.63) is 60.2 Å².